The lowest BCUT2D eigenvalue weighted by molar-refractivity contribution is 0.529. The molecule has 0 radical (unpaired) electrons. The number of tetrazole rings is 1. The van der Waals surface area contributed by atoms with Gasteiger partial charge in [0.2, 0.25) is 5.95 Å². The van der Waals surface area contributed by atoms with Gasteiger partial charge >= 0.3 is 0 Å². The molecule has 0 aliphatic carbocycles. The number of hydrogen-bond acceptors (Lipinski definition) is 4. The molecule has 6 heteroatoms. The lowest BCUT2D eigenvalue weighted by atomic mass is 10.1. The Hall–Kier alpha value is -0.650. The predicted octanol–water partition coefficient (Wildman–Crippen LogP) is 0.820. The van der Waals surface area contributed by atoms with Gasteiger partial charge in [0.15, 0.2) is 0 Å². The predicted molar refractivity (Wildman–Crippen MR) is 55.1 cm³/mol. The Morgan fingerprint density at radius 1 is 1.54 bits per heavy atom. The second kappa shape index (κ2) is 3.61. The summed E-state index contributed by atoms with van der Waals surface area (Å²) in [6.45, 7) is 4.24. The van der Waals surface area contributed by atoms with Crippen LogP contribution in [0.4, 0.5) is 5.95 Å². The van der Waals surface area contributed by atoms with E-state index in [1.165, 1.54) is 0 Å². The van der Waals surface area contributed by atoms with E-state index < -0.39 is 0 Å². The van der Waals surface area contributed by atoms with Crippen LogP contribution in [-0.4, -0.2) is 38.1 Å². The molecule has 0 saturated carbocycles. The Morgan fingerprint density at radius 3 is 2.54 bits per heavy atom. The summed E-state index contributed by atoms with van der Waals surface area (Å²) in [4.78, 5) is 2.04. The third kappa shape index (κ3) is 1.99. The summed E-state index contributed by atoms with van der Waals surface area (Å²) in [5.41, 5.74) is 0.00245. The molecule has 0 unspecified atom stereocenters. The number of hydrogen-bond donors (Lipinski definition) is 0. The van der Waals surface area contributed by atoms with Gasteiger partial charge in [-0.2, -0.15) is 0 Å². The minimum atomic E-state index is 0.00245. The number of aryl methyl sites for hydroxylation is 1. The molecule has 0 atom stereocenters. The van der Waals surface area contributed by atoms with Gasteiger partial charge in [-0.25, -0.2) is 4.68 Å². The third-order valence-corrected chi connectivity index (χ3v) is 3.51. The maximum Gasteiger partial charge on any atom is 0.245 e. The van der Waals surface area contributed by atoms with Gasteiger partial charge in [-0.3, -0.25) is 0 Å². The van der Waals surface area contributed by atoms with E-state index in [1.807, 2.05) is 19.0 Å². The minimum absolute atomic E-state index is 0.00245. The lowest BCUT2D eigenvalue weighted by Crippen LogP contribution is -2.44. The maximum atomic E-state index is 3.94. The molecule has 0 aromatic carbocycles. The number of aromatic nitrogens is 4. The van der Waals surface area contributed by atoms with Crippen molar-refractivity contribution in [2.75, 3.05) is 17.3 Å². The van der Waals surface area contributed by atoms with Crippen molar-refractivity contribution >= 4 is 21.9 Å². The Kier molecular flexibility index (Phi) is 2.90. The molecule has 74 valence electrons. The Bertz CT molecular complexity index is 282. The first kappa shape index (κ1) is 10.4. The molecule has 1 rings (SSSR count). The van der Waals surface area contributed by atoms with Crippen molar-refractivity contribution in [3.8, 4) is 0 Å². The van der Waals surface area contributed by atoms with E-state index >= 15 is 0 Å². The molecule has 1 aromatic rings. The Balaban J connectivity index is 2.91. The fraction of sp³-hybridized carbons (Fsp3) is 0.857. The molecule has 5 nitrogen and oxygen atoms in total. The highest BCUT2D eigenvalue weighted by molar-refractivity contribution is 9.09. The molecule has 1 aromatic heterocycles. The number of nitrogens with zero attached hydrogens (tertiary/aromatic N) is 5. The first-order chi connectivity index (χ1) is 5.99. The Morgan fingerprint density at radius 2 is 2.15 bits per heavy atom. The van der Waals surface area contributed by atoms with E-state index in [0.29, 0.717) is 0 Å². The third-order valence-electron chi connectivity index (χ3n) is 2.13. The largest absolute Gasteiger partial charge is 0.337 e. The zero-order valence-corrected chi connectivity index (χ0v) is 9.91. The van der Waals surface area contributed by atoms with Gasteiger partial charge in [0.25, 0.3) is 0 Å². The fourth-order valence-corrected chi connectivity index (χ4v) is 1.25. The molecule has 1 heterocycles. The number of halogens is 1. The summed E-state index contributed by atoms with van der Waals surface area (Å²) in [6.07, 6.45) is 0. The molecule has 0 amide bonds. The molecule has 0 N–H and O–H groups in total. The topological polar surface area (TPSA) is 46.8 Å². The number of rotatable bonds is 3. The molecule has 0 fully saturated rings. The van der Waals surface area contributed by atoms with Gasteiger partial charge in [-0.15, -0.1) is 0 Å². The Labute approximate surface area is 86.2 Å². The van der Waals surface area contributed by atoms with Crippen LogP contribution in [0.5, 0.6) is 0 Å². The quantitative estimate of drug-likeness (QED) is 0.743. The van der Waals surface area contributed by atoms with E-state index in [9.17, 15) is 0 Å². The van der Waals surface area contributed by atoms with Gasteiger partial charge in [-0.1, -0.05) is 21.0 Å². The minimum Gasteiger partial charge on any atom is -0.337 e. The lowest BCUT2D eigenvalue weighted by Gasteiger charge is -2.33. The van der Waals surface area contributed by atoms with Crippen molar-refractivity contribution in [1.29, 1.82) is 0 Å². The van der Waals surface area contributed by atoms with Gasteiger partial charge in [-0.05, 0) is 24.3 Å². The summed E-state index contributed by atoms with van der Waals surface area (Å²) in [6, 6.07) is 0. The van der Waals surface area contributed by atoms with E-state index in [2.05, 4.69) is 45.3 Å². The van der Waals surface area contributed by atoms with Crippen molar-refractivity contribution in [3.05, 3.63) is 0 Å². The molecule has 0 bridgehead atoms. The second-order valence-corrected chi connectivity index (χ2v) is 4.17. The van der Waals surface area contributed by atoms with Crippen molar-refractivity contribution in [1.82, 2.24) is 20.2 Å². The summed E-state index contributed by atoms with van der Waals surface area (Å²) < 4.78 is 1.66. The molecule has 0 aliphatic heterocycles. The van der Waals surface area contributed by atoms with Gasteiger partial charge in [0, 0.05) is 25.0 Å². The second-order valence-electron chi connectivity index (χ2n) is 3.61. The maximum absolute atomic E-state index is 3.94. The summed E-state index contributed by atoms with van der Waals surface area (Å²) in [7, 11) is 3.81. The van der Waals surface area contributed by atoms with E-state index in [0.717, 1.165) is 11.3 Å². The molecule has 0 spiro atoms. The van der Waals surface area contributed by atoms with Crippen LogP contribution in [0.3, 0.4) is 0 Å². The summed E-state index contributed by atoms with van der Waals surface area (Å²) in [5, 5.41) is 12.2. The highest BCUT2D eigenvalue weighted by atomic mass is 79.9. The molecule has 13 heavy (non-hydrogen) atoms. The van der Waals surface area contributed by atoms with E-state index in [1.54, 1.807) is 4.68 Å². The van der Waals surface area contributed by atoms with Crippen LogP contribution in [0.2, 0.25) is 0 Å². The van der Waals surface area contributed by atoms with Crippen LogP contribution in [0.15, 0.2) is 0 Å². The highest BCUT2D eigenvalue weighted by Gasteiger charge is 2.25. The van der Waals surface area contributed by atoms with Gasteiger partial charge < -0.3 is 4.90 Å². The summed E-state index contributed by atoms with van der Waals surface area (Å²) in [5.74, 6) is 0.768. The zero-order valence-electron chi connectivity index (χ0n) is 8.32. The van der Waals surface area contributed by atoms with Crippen LogP contribution in [-0.2, 0) is 7.05 Å². The monoisotopic (exact) mass is 247 g/mol. The average Bonchev–Trinajstić information content (AvgIpc) is 2.50. The van der Waals surface area contributed by atoms with Crippen molar-refractivity contribution in [3.63, 3.8) is 0 Å². The van der Waals surface area contributed by atoms with E-state index in [-0.39, 0.29) is 5.54 Å². The SMILES string of the molecule is CN(c1nnnn1C)C(C)(C)CBr. The van der Waals surface area contributed by atoms with Crippen LogP contribution >= 0.6 is 15.9 Å². The van der Waals surface area contributed by atoms with Crippen molar-refractivity contribution in [2.24, 2.45) is 7.05 Å². The highest BCUT2D eigenvalue weighted by Crippen LogP contribution is 2.20. The van der Waals surface area contributed by atoms with E-state index in [4.69, 9.17) is 0 Å². The first-order valence-electron chi connectivity index (χ1n) is 4.01. The van der Waals surface area contributed by atoms with Crippen LogP contribution in [0.25, 0.3) is 0 Å². The zero-order chi connectivity index (χ0) is 10.1. The van der Waals surface area contributed by atoms with Crippen LogP contribution in [0.1, 0.15) is 13.8 Å². The normalized spacial score (nSPS) is 11.8. The van der Waals surface area contributed by atoms with Gasteiger partial charge in [0.1, 0.15) is 0 Å². The molecule has 0 aliphatic rings. The number of anilines is 1. The van der Waals surface area contributed by atoms with Crippen molar-refractivity contribution in [2.45, 2.75) is 19.4 Å². The number of alkyl halides is 1. The molecular weight excluding hydrogens is 234 g/mol. The van der Waals surface area contributed by atoms with Crippen LogP contribution < -0.4 is 4.90 Å². The molecular formula is C7H14BrN5. The summed E-state index contributed by atoms with van der Waals surface area (Å²) >= 11 is 3.46. The fourth-order valence-electron chi connectivity index (χ4n) is 0.869. The first-order valence-corrected chi connectivity index (χ1v) is 5.13. The average molecular weight is 248 g/mol. The molecule has 0 saturated heterocycles. The smallest absolute Gasteiger partial charge is 0.245 e. The van der Waals surface area contributed by atoms with Crippen molar-refractivity contribution < 1.29 is 0 Å². The standard InChI is InChI=1S/C7H14BrN5/c1-7(2,5-8)12(3)6-9-10-11-13(6)4/h5H2,1-4H3. The van der Waals surface area contributed by atoms with Gasteiger partial charge in [0.05, 0.1) is 0 Å². The van der Waals surface area contributed by atoms with Crippen LogP contribution in [0, 0.1) is 0 Å².